The predicted molar refractivity (Wildman–Crippen MR) is 235 cm³/mol. The molecule has 8 nitrogen and oxygen atoms in total. The minimum Gasteiger partial charge on any atom is -0.377 e. The highest BCUT2D eigenvalue weighted by atomic mass is 15.3. The van der Waals surface area contributed by atoms with E-state index in [-0.39, 0.29) is 0 Å². The number of hydrogen-bond acceptors (Lipinski definition) is 4. The summed E-state index contributed by atoms with van der Waals surface area (Å²) in [7, 11) is 22.3. The molecule has 0 aliphatic heterocycles. The van der Waals surface area contributed by atoms with Crippen molar-refractivity contribution >= 4 is 55.0 Å². The van der Waals surface area contributed by atoms with Crippen LogP contribution in [0.5, 0.6) is 0 Å². The van der Waals surface area contributed by atoms with Gasteiger partial charge in [0.2, 0.25) is 22.1 Å². The fraction of sp³-hybridized carbons (Fsp3) is 0.447. The van der Waals surface area contributed by atoms with Gasteiger partial charge in [0, 0.05) is 105 Å². The lowest BCUT2D eigenvalue weighted by atomic mass is 10.1. The molecule has 0 saturated heterocycles. The summed E-state index contributed by atoms with van der Waals surface area (Å²) in [4.78, 5) is 4.41. The zero-order valence-electron chi connectivity index (χ0n) is 35.5. The molecule has 2 N–H and O–H groups in total. The average molecular weight is 745 g/mol. The number of hydrogen-bond donors (Lipinski definition) is 2. The maximum atomic E-state index is 3.34. The van der Waals surface area contributed by atoms with Gasteiger partial charge in [-0.15, -0.1) is 0 Å². The molecule has 0 aliphatic rings. The first kappa shape index (κ1) is 40.3. The van der Waals surface area contributed by atoms with Crippen LogP contribution in [-0.4, -0.2) is 106 Å². The second-order valence-electron chi connectivity index (χ2n) is 17.5. The molecule has 0 saturated carbocycles. The van der Waals surface area contributed by atoms with Gasteiger partial charge in [-0.1, -0.05) is 12.1 Å². The first-order chi connectivity index (χ1) is 26.3. The van der Waals surface area contributed by atoms with E-state index in [0.29, 0.717) is 0 Å². The summed E-state index contributed by atoms with van der Waals surface area (Å²) in [5, 5.41) is 11.9. The average Bonchev–Trinajstić information content (AvgIpc) is 3.14. The Morgan fingerprint density at radius 1 is 0.455 bits per heavy atom. The molecule has 0 unspecified atom stereocenters. The fourth-order valence-corrected chi connectivity index (χ4v) is 8.39. The SMILES string of the molecule is CNCc1ccc2cc3ccc(CNC)cc3[n+](CCC[N+](C)(C)CCC[N+](C)(C)CCC[n+]3c4cc(N(C)C)ccc4cc4ccc(N(C)C)cc43)c2c1. The van der Waals surface area contributed by atoms with E-state index in [2.05, 4.69) is 171 Å². The van der Waals surface area contributed by atoms with E-state index in [9.17, 15) is 0 Å². The van der Waals surface area contributed by atoms with Crippen molar-refractivity contribution in [3.05, 3.63) is 96.1 Å². The molecule has 0 amide bonds. The topological polar surface area (TPSA) is 38.3 Å². The van der Waals surface area contributed by atoms with Gasteiger partial charge in [0.25, 0.3) is 0 Å². The highest BCUT2D eigenvalue weighted by Gasteiger charge is 2.24. The molecule has 0 aliphatic carbocycles. The molecule has 0 bridgehead atoms. The van der Waals surface area contributed by atoms with Crippen LogP contribution in [0.1, 0.15) is 30.4 Å². The van der Waals surface area contributed by atoms with Crippen LogP contribution in [-0.2, 0) is 26.2 Å². The molecule has 2 heterocycles. The quantitative estimate of drug-likeness (QED) is 0.0602. The molecule has 4 aromatic carbocycles. The van der Waals surface area contributed by atoms with E-state index in [0.717, 1.165) is 61.1 Å². The molecule has 0 spiro atoms. The summed E-state index contributed by atoms with van der Waals surface area (Å²) >= 11 is 0. The normalized spacial score (nSPS) is 12.4. The Labute approximate surface area is 330 Å². The highest BCUT2D eigenvalue weighted by molar-refractivity contribution is 5.92. The van der Waals surface area contributed by atoms with E-state index in [1.54, 1.807) is 0 Å². The lowest BCUT2D eigenvalue weighted by molar-refractivity contribution is -0.911. The zero-order chi connectivity index (χ0) is 39.3. The summed E-state index contributed by atoms with van der Waals surface area (Å²) < 4.78 is 7.24. The first-order valence-electron chi connectivity index (χ1n) is 20.3. The Hall–Kier alpha value is -4.34. The van der Waals surface area contributed by atoms with Gasteiger partial charge in [-0.05, 0) is 73.8 Å². The number of benzene rings is 4. The molecule has 0 atom stereocenters. The zero-order valence-corrected chi connectivity index (χ0v) is 35.5. The molecule has 8 heteroatoms. The van der Waals surface area contributed by atoms with Crippen LogP contribution in [0.3, 0.4) is 0 Å². The number of aromatic nitrogens is 2. The lowest BCUT2D eigenvalue weighted by Crippen LogP contribution is -2.48. The summed E-state index contributed by atoms with van der Waals surface area (Å²) in [6, 6.07) is 32.4. The monoisotopic (exact) mass is 745 g/mol. The maximum absolute atomic E-state index is 3.34. The van der Waals surface area contributed by atoms with E-state index in [1.165, 1.54) is 85.6 Å². The number of fused-ring (bicyclic) bond motifs is 4. The van der Waals surface area contributed by atoms with Crippen LogP contribution >= 0.6 is 0 Å². The van der Waals surface area contributed by atoms with Crippen molar-refractivity contribution in [3.8, 4) is 0 Å². The molecule has 6 aromatic rings. The van der Waals surface area contributed by atoms with Crippen LogP contribution in [0.4, 0.5) is 11.4 Å². The summed E-state index contributed by atoms with van der Waals surface area (Å²) in [6.07, 6.45) is 3.48. The summed E-state index contributed by atoms with van der Waals surface area (Å²) in [5.74, 6) is 0. The number of rotatable bonds is 18. The fourth-order valence-electron chi connectivity index (χ4n) is 8.39. The van der Waals surface area contributed by atoms with Crippen molar-refractivity contribution in [1.82, 2.24) is 10.6 Å². The second-order valence-corrected chi connectivity index (χ2v) is 17.5. The van der Waals surface area contributed by atoms with Crippen molar-refractivity contribution < 1.29 is 18.1 Å². The minimum absolute atomic E-state index is 0.876. The van der Waals surface area contributed by atoms with Crippen LogP contribution in [0.25, 0.3) is 43.6 Å². The molecule has 292 valence electrons. The molecule has 6 rings (SSSR count). The van der Waals surface area contributed by atoms with Crippen molar-refractivity contribution in [2.24, 2.45) is 0 Å². The van der Waals surface area contributed by atoms with Crippen molar-refractivity contribution in [2.75, 3.05) is 106 Å². The third kappa shape index (κ3) is 9.73. The van der Waals surface area contributed by atoms with Crippen LogP contribution in [0.2, 0.25) is 0 Å². The second kappa shape index (κ2) is 17.2. The molecule has 2 aromatic heterocycles. The van der Waals surface area contributed by atoms with E-state index in [1.807, 2.05) is 14.1 Å². The van der Waals surface area contributed by atoms with E-state index < -0.39 is 0 Å². The summed E-state index contributed by atoms with van der Waals surface area (Å²) in [6.45, 7) is 8.43. The molecular formula is C47H68N8+4. The van der Waals surface area contributed by atoms with Gasteiger partial charge in [0.1, 0.15) is 0 Å². The Morgan fingerprint density at radius 2 is 0.800 bits per heavy atom. The lowest BCUT2D eigenvalue weighted by Gasteiger charge is -2.33. The number of nitrogens with zero attached hydrogens (tertiary/aromatic N) is 6. The number of pyridine rings is 2. The van der Waals surface area contributed by atoms with Gasteiger partial charge in [0.05, 0.1) is 67.2 Å². The largest absolute Gasteiger partial charge is 0.377 e. The molecule has 0 fully saturated rings. The predicted octanol–water partition coefficient (Wildman–Crippen LogP) is 6.47. The van der Waals surface area contributed by atoms with Crippen molar-refractivity contribution in [2.45, 2.75) is 45.4 Å². The Morgan fingerprint density at radius 3 is 1.16 bits per heavy atom. The molecule has 0 radical (unpaired) electrons. The minimum atomic E-state index is 0.876. The number of nitrogens with one attached hydrogen (secondary N) is 2. The first-order valence-corrected chi connectivity index (χ1v) is 20.3. The van der Waals surface area contributed by atoms with Gasteiger partial charge in [-0.25, -0.2) is 0 Å². The van der Waals surface area contributed by atoms with Crippen LogP contribution in [0, 0.1) is 0 Å². The van der Waals surface area contributed by atoms with Crippen LogP contribution in [0.15, 0.2) is 84.9 Å². The Bertz CT molecular complexity index is 2120. The Balaban J connectivity index is 1.10. The number of quaternary nitrogens is 2. The van der Waals surface area contributed by atoms with Gasteiger partial charge in [0.15, 0.2) is 13.1 Å². The third-order valence-corrected chi connectivity index (χ3v) is 11.6. The third-order valence-electron chi connectivity index (χ3n) is 11.6. The van der Waals surface area contributed by atoms with Crippen molar-refractivity contribution in [1.29, 1.82) is 0 Å². The van der Waals surface area contributed by atoms with Gasteiger partial charge < -0.3 is 29.4 Å². The molecular weight excluding hydrogens is 677 g/mol. The standard InChI is InChI=1S/C47H68N8/c1-48-34-36-14-16-38-30-39-17-15-37(35-49-2)29-45(39)52(44(38)28-36)22-11-24-54(7,8)26-13-27-55(9,10)25-12-23-53-46-32-42(50(3)4)20-18-40(46)31-41-19-21-43(51(5)6)33-47(41)53/h14-21,28-33,48-49H,11-13,22-27,34-35H2,1-10H3/q+4. The van der Waals surface area contributed by atoms with E-state index >= 15 is 0 Å². The van der Waals surface area contributed by atoms with Gasteiger partial charge >= 0.3 is 0 Å². The number of aryl methyl sites for hydroxylation is 2. The smallest absolute Gasteiger partial charge is 0.215 e. The van der Waals surface area contributed by atoms with Gasteiger partial charge in [-0.3, -0.25) is 0 Å². The maximum Gasteiger partial charge on any atom is 0.215 e. The van der Waals surface area contributed by atoms with Gasteiger partial charge in [-0.2, -0.15) is 9.13 Å². The van der Waals surface area contributed by atoms with E-state index in [4.69, 9.17) is 0 Å². The highest BCUT2D eigenvalue weighted by Crippen LogP contribution is 2.26. The Kier molecular flexibility index (Phi) is 12.6. The van der Waals surface area contributed by atoms with Crippen LogP contribution < -0.4 is 29.6 Å². The summed E-state index contributed by atoms with van der Waals surface area (Å²) in [5.41, 5.74) is 10.4. The number of anilines is 2. The van der Waals surface area contributed by atoms with Crippen molar-refractivity contribution in [3.63, 3.8) is 0 Å². The molecule has 55 heavy (non-hydrogen) atoms.